The number of aldehydes is 1. The number of anilines is 1. The number of carbonyl (C=O) groups is 1. The third-order valence-electron chi connectivity index (χ3n) is 1.65. The van der Waals surface area contributed by atoms with Crippen molar-refractivity contribution in [1.29, 1.82) is 0 Å². The fraction of sp³-hybridized carbons (Fsp3) is 0.111. The van der Waals surface area contributed by atoms with Gasteiger partial charge in [-0.05, 0) is 12.1 Å². The molecule has 2 aromatic heterocycles. The van der Waals surface area contributed by atoms with Crippen LogP contribution in [0.4, 0.5) is 6.01 Å². The molecule has 0 spiro atoms. The predicted molar refractivity (Wildman–Crippen MR) is 52.1 cm³/mol. The van der Waals surface area contributed by atoms with E-state index in [1.165, 1.54) is 0 Å². The van der Waals surface area contributed by atoms with Gasteiger partial charge in [-0.1, -0.05) is 11.2 Å². The van der Waals surface area contributed by atoms with Gasteiger partial charge in [0.15, 0.2) is 0 Å². The van der Waals surface area contributed by atoms with Crippen molar-refractivity contribution in [2.45, 2.75) is 0 Å². The first-order chi connectivity index (χ1) is 7.40. The number of rotatable bonds is 4. The maximum absolute atomic E-state index is 10.1. The largest absolute Gasteiger partial charge is 0.402 e. The summed E-state index contributed by atoms with van der Waals surface area (Å²) in [6, 6.07) is 5.59. The molecular formula is C9H8N4O2. The summed E-state index contributed by atoms with van der Waals surface area (Å²) in [7, 11) is 0. The summed E-state index contributed by atoms with van der Waals surface area (Å²) in [6.45, 7) is 0.143. The molecule has 0 aliphatic carbocycles. The summed E-state index contributed by atoms with van der Waals surface area (Å²) in [5.41, 5.74) is 0.601. The molecule has 0 amide bonds. The van der Waals surface area contributed by atoms with Crippen molar-refractivity contribution in [1.82, 2.24) is 15.2 Å². The Bertz CT molecular complexity index is 440. The Labute approximate surface area is 85.4 Å². The molecule has 0 fully saturated rings. The third kappa shape index (κ3) is 2.16. The summed E-state index contributed by atoms with van der Waals surface area (Å²) in [5, 5.41) is 10.1. The van der Waals surface area contributed by atoms with Gasteiger partial charge in [0, 0.05) is 6.20 Å². The molecule has 2 heterocycles. The standard InChI is InChI=1S/C9H8N4O2/c14-6-5-11-9-13-12-8(15-9)7-3-1-2-4-10-7/h1-4,6H,5H2,(H,11,13). The van der Waals surface area contributed by atoms with Crippen molar-refractivity contribution >= 4 is 12.3 Å². The van der Waals surface area contributed by atoms with Crippen molar-refractivity contribution in [3.63, 3.8) is 0 Å². The van der Waals surface area contributed by atoms with Crippen LogP contribution in [0.15, 0.2) is 28.8 Å². The summed E-state index contributed by atoms with van der Waals surface area (Å²) in [4.78, 5) is 14.1. The van der Waals surface area contributed by atoms with Crippen LogP contribution < -0.4 is 5.32 Å². The summed E-state index contributed by atoms with van der Waals surface area (Å²) in [6.07, 6.45) is 2.35. The molecule has 2 rings (SSSR count). The molecule has 0 bridgehead atoms. The highest BCUT2D eigenvalue weighted by Gasteiger charge is 2.07. The normalized spacial score (nSPS) is 9.87. The third-order valence-corrected chi connectivity index (χ3v) is 1.65. The minimum absolute atomic E-state index is 0.143. The van der Waals surface area contributed by atoms with Crippen LogP contribution in [0.2, 0.25) is 0 Å². The van der Waals surface area contributed by atoms with E-state index in [4.69, 9.17) is 4.42 Å². The van der Waals surface area contributed by atoms with Gasteiger partial charge in [-0.25, -0.2) is 0 Å². The second-order valence-electron chi connectivity index (χ2n) is 2.67. The van der Waals surface area contributed by atoms with Crippen LogP contribution in [-0.4, -0.2) is 28.0 Å². The number of carbonyl (C=O) groups excluding carboxylic acids is 1. The molecule has 76 valence electrons. The highest BCUT2D eigenvalue weighted by molar-refractivity contribution is 5.56. The van der Waals surface area contributed by atoms with Crippen molar-refractivity contribution in [2.75, 3.05) is 11.9 Å². The van der Waals surface area contributed by atoms with E-state index in [9.17, 15) is 4.79 Å². The lowest BCUT2D eigenvalue weighted by Crippen LogP contribution is -2.01. The maximum atomic E-state index is 10.1. The fourth-order valence-electron chi connectivity index (χ4n) is 1.02. The molecule has 6 heteroatoms. The Kier molecular flexibility index (Phi) is 2.68. The average molecular weight is 204 g/mol. The molecule has 0 aliphatic heterocycles. The van der Waals surface area contributed by atoms with Crippen LogP contribution in [0.3, 0.4) is 0 Å². The number of pyridine rings is 1. The summed E-state index contributed by atoms with van der Waals surface area (Å²) < 4.78 is 5.22. The van der Waals surface area contributed by atoms with E-state index in [0.717, 1.165) is 0 Å². The lowest BCUT2D eigenvalue weighted by molar-refractivity contribution is -0.106. The van der Waals surface area contributed by atoms with Crippen LogP contribution in [0.1, 0.15) is 0 Å². The van der Waals surface area contributed by atoms with Gasteiger partial charge in [0.2, 0.25) is 0 Å². The second-order valence-corrected chi connectivity index (χ2v) is 2.67. The van der Waals surface area contributed by atoms with Gasteiger partial charge in [0.1, 0.15) is 12.0 Å². The first-order valence-corrected chi connectivity index (χ1v) is 4.32. The van der Waals surface area contributed by atoms with Gasteiger partial charge in [-0.2, -0.15) is 0 Å². The van der Waals surface area contributed by atoms with Gasteiger partial charge in [0.25, 0.3) is 5.89 Å². The zero-order valence-corrected chi connectivity index (χ0v) is 7.75. The van der Waals surface area contributed by atoms with Gasteiger partial charge >= 0.3 is 6.01 Å². The van der Waals surface area contributed by atoms with Crippen molar-refractivity contribution in [3.8, 4) is 11.6 Å². The van der Waals surface area contributed by atoms with Crippen molar-refractivity contribution in [2.24, 2.45) is 0 Å². The van der Waals surface area contributed by atoms with E-state index >= 15 is 0 Å². The van der Waals surface area contributed by atoms with E-state index in [1.807, 2.05) is 6.07 Å². The lowest BCUT2D eigenvalue weighted by Gasteiger charge is -1.92. The Morgan fingerprint density at radius 2 is 2.33 bits per heavy atom. The lowest BCUT2D eigenvalue weighted by atomic mass is 10.3. The predicted octanol–water partition coefficient (Wildman–Crippen LogP) is 0.742. The molecular weight excluding hydrogens is 196 g/mol. The molecule has 1 N–H and O–H groups in total. The first kappa shape index (κ1) is 9.32. The first-order valence-electron chi connectivity index (χ1n) is 4.32. The van der Waals surface area contributed by atoms with Crippen molar-refractivity contribution in [3.05, 3.63) is 24.4 Å². The van der Waals surface area contributed by atoms with E-state index in [0.29, 0.717) is 17.9 Å². The molecule has 0 saturated carbocycles. The number of nitrogens with one attached hydrogen (secondary N) is 1. The highest BCUT2D eigenvalue weighted by atomic mass is 16.4. The molecule has 6 nitrogen and oxygen atoms in total. The van der Waals surface area contributed by atoms with Gasteiger partial charge in [-0.15, -0.1) is 5.10 Å². The van der Waals surface area contributed by atoms with Crippen molar-refractivity contribution < 1.29 is 9.21 Å². The minimum Gasteiger partial charge on any atom is -0.402 e. The van der Waals surface area contributed by atoms with Gasteiger partial charge in [-0.3, -0.25) is 4.98 Å². The topological polar surface area (TPSA) is 80.9 Å². The maximum Gasteiger partial charge on any atom is 0.316 e. The van der Waals surface area contributed by atoms with Crippen LogP contribution in [0.5, 0.6) is 0 Å². The minimum atomic E-state index is 0.143. The Morgan fingerprint density at radius 1 is 1.40 bits per heavy atom. The molecule has 15 heavy (non-hydrogen) atoms. The van der Waals surface area contributed by atoms with E-state index in [-0.39, 0.29) is 12.6 Å². The zero-order valence-electron chi connectivity index (χ0n) is 7.75. The fourth-order valence-corrected chi connectivity index (χ4v) is 1.02. The molecule has 0 saturated heterocycles. The molecule has 0 atom stereocenters. The van der Waals surface area contributed by atoms with Gasteiger partial charge in [0.05, 0.1) is 6.54 Å². The van der Waals surface area contributed by atoms with E-state index < -0.39 is 0 Å². The smallest absolute Gasteiger partial charge is 0.316 e. The van der Waals surface area contributed by atoms with Gasteiger partial charge < -0.3 is 14.5 Å². The quantitative estimate of drug-likeness (QED) is 0.740. The molecule has 2 aromatic rings. The highest BCUT2D eigenvalue weighted by Crippen LogP contribution is 2.16. The van der Waals surface area contributed by atoms with Crippen LogP contribution in [-0.2, 0) is 4.79 Å². The molecule has 0 aromatic carbocycles. The van der Waals surface area contributed by atoms with E-state index in [1.54, 1.807) is 18.3 Å². The van der Waals surface area contributed by atoms with E-state index in [2.05, 4.69) is 20.5 Å². The monoisotopic (exact) mass is 204 g/mol. The van der Waals surface area contributed by atoms with Crippen LogP contribution in [0.25, 0.3) is 11.6 Å². The molecule has 0 radical (unpaired) electrons. The Hall–Kier alpha value is -2.24. The second kappa shape index (κ2) is 4.32. The summed E-state index contributed by atoms with van der Waals surface area (Å²) in [5.74, 6) is 0.323. The SMILES string of the molecule is O=CCNc1nnc(-c2ccccn2)o1. The summed E-state index contributed by atoms with van der Waals surface area (Å²) >= 11 is 0. The number of hydrogen-bond acceptors (Lipinski definition) is 6. The molecule has 0 aliphatic rings. The number of aromatic nitrogens is 3. The zero-order chi connectivity index (χ0) is 10.5. The van der Waals surface area contributed by atoms with Crippen LogP contribution in [0, 0.1) is 0 Å². The van der Waals surface area contributed by atoms with Crippen LogP contribution >= 0.6 is 0 Å². The average Bonchev–Trinajstić information content (AvgIpc) is 2.76. The Balaban J connectivity index is 2.17. The Morgan fingerprint density at radius 3 is 3.07 bits per heavy atom. The number of nitrogens with zero attached hydrogens (tertiary/aromatic N) is 3. The molecule has 0 unspecified atom stereocenters. The number of hydrogen-bond donors (Lipinski definition) is 1.